The first kappa shape index (κ1) is 29.6. The molecule has 42 heavy (non-hydrogen) atoms. The summed E-state index contributed by atoms with van der Waals surface area (Å²) in [6.45, 7) is 0.108. The maximum atomic E-state index is 13.2. The molecule has 0 saturated heterocycles. The molecule has 4 rings (SSSR count). The number of pyridine rings is 1. The van der Waals surface area contributed by atoms with E-state index in [-0.39, 0.29) is 24.6 Å². The van der Waals surface area contributed by atoms with E-state index in [0.717, 1.165) is 5.52 Å². The summed E-state index contributed by atoms with van der Waals surface area (Å²) < 4.78 is 12.0. The zero-order valence-corrected chi connectivity index (χ0v) is 23.5. The quantitative estimate of drug-likeness (QED) is 0.232. The summed E-state index contributed by atoms with van der Waals surface area (Å²) in [6, 6.07) is 17.0. The van der Waals surface area contributed by atoms with Crippen molar-refractivity contribution in [1.29, 1.82) is 0 Å². The van der Waals surface area contributed by atoms with Gasteiger partial charge in [-0.2, -0.15) is 0 Å². The van der Waals surface area contributed by atoms with Gasteiger partial charge in [0.05, 0.1) is 19.2 Å². The minimum atomic E-state index is -1.01. The standard InChI is InChI=1S/C30H32N6O6/c1-35(2)26(37)17-8-7-13-22(33-30(40)41-3)28(38)32-23-15-10-18-36(29(23)39)19-25-31-21-14-9-16-24(27(21)34-25)42-20-11-5-4-6-12-20/h4-6,8-12,14-18,22H,7,13,19H2,1-3H3,(H,31,34)(H,32,38)(H,33,40)/b17-8+/t22-/m0/s1. The van der Waals surface area contributed by atoms with Crippen molar-refractivity contribution < 1.29 is 23.9 Å². The van der Waals surface area contributed by atoms with Gasteiger partial charge < -0.3 is 34.6 Å². The van der Waals surface area contributed by atoms with Crippen molar-refractivity contribution >= 4 is 34.6 Å². The second-order valence-corrected chi connectivity index (χ2v) is 9.50. The van der Waals surface area contributed by atoms with E-state index in [1.807, 2.05) is 48.5 Å². The number of amides is 3. The topological polar surface area (TPSA) is 148 Å². The Balaban J connectivity index is 1.48. The van der Waals surface area contributed by atoms with E-state index in [1.54, 1.807) is 32.4 Å². The van der Waals surface area contributed by atoms with Crippen LogP contribution in [0, 0.1) is 0 Å². The van der Waals surface area contributed by atoms with E-state index in [0.29, 0.717) is 29.3 Å². The number of imidazole rings is 1. The Hall–Kier alpha value is -5.39. The SMILES string of the molecule is COC(=O)N[C@@H](CC/C=C/C(=O)N(C)C)C(=O)Nc1cccn(Cc2nc3c(Oc4ccccc4)cccc3[nH]2)c1=O. The zero-order chi connectivity index (χ0) is 30.1. The molecule has 3 N–H and O–H groups in total. The molecule has 0 aliphatic carbocycles. The van der Waals surface area contributed by atoms with E-state index < -0.39 is 23.6 Å². The van der Waals surface area contributed by atoms with Gasteiger partial charge in [0.1, 0.15) is 28.8 Å². The minimum Gasteiger partial charge on any atom is -0.455 e. The number of rotatable bonds is 11. The first-order valence-electron chi connectivity index (χ1n) is 13.2. The second-order valence-electron chi connectivity index (χ2n) is 9.50. The monoisotopic (exact) mass is 572 g/mol. The molecule has 2 aromatic heterocycles. The smallest absolute Gasteiger partial charge is 0.407 e. The summed E-state index contributed by atoms with van der Waals surface area (Å²) in [5, 5.41) is 5.08. The number of aromatic nitrogens is 3. The summed E-state index contributed by atoms with van der Waals surface area (Å²) in [4.78, 5) is 59.2. The van der Waals surface area contributed by atoms with Crippen LogP contribution < -0.4 is 20.9 Å². The van der Waals surface area contributed by atoms with Gasteiger partial charge in [0, 0.05) is 20.3 Å². The molecule has 0 radical (unpaired) electrons. The number of aromatic amines is 1. The number of para-hydroxylation sites is 2. The van der Waals surface area contributed by atoms with Crippen molar-refractivity contribution in [3.63, 3.8) is 0 Å². The number of carbonyl (C=O) groups is 3. The molecule has 0 unspecified atom stereocenters. The van der Waals surface area contributed by atoms with Crippen molar-refractivity contribution in [2.45, 2.75) is 25.4 Å². The van der Waals surface area contributed by atoms with Gasteiger partial charge >= 0.3 is 6.09 Å². The first-order chi connectivity index (χ1) is 20.2. The molecule has 1 atom stereocenters. The van der Waals surface area contributed by atoms with Crippen LogP contribution in [0.2, 0.25) is 0 Å². The highest BCUT2D eigenvalue weighted by molar-refractivity contribution is 5.96. The highest BCUT2D eigenvalue weighted by Crippen LogP contribution is 2.28. The molecule has 0 saturated carbocycles. The number of hydrogen-bond acceptors (Lipinski definition) is 7. The molecule has 218 valence electrons. The number of likely N-dealkylation sites (N-methyl/N-ethyl adjacent to an activating group) is 1. The fourth-order valence-corrected chi connectivity index (χ4v) is 4.03. The third kappa shape index (κ3) is 7.62. The molecule has 0 fully saturated rings. The summed E-state index contributed by atoms with van der Waals surface area (Å²) in [6.07, 6.45) is 4.28. The molecule has 0 aliphatic rings. The number of ether oxygens (including phenoxy) is 2. The number of anilines is 1. The molecule has 4 aromatic rings. The number of hydrogen-bond donors (Lipinski definition) is 3. The Morgan fingerprint density at radius 2 is 1.86 bits per heavy atom. The van der Waals surface area contributed by atoms with Crippen LogP contribution in [0.3, 0.4) is 0 Å². The zero-order valence-electron chi connectivity index (χ0n) is 23.5. The van der Waals surface area contributed by atoms with E-state index in [4.69, 9.17) is 4.74 Å². The summed E-state index contributed by atoms with van der Waals surface area (Å²) >= 11 is 0. The van der Waals surface area contributed by atoms with Gasteiger partial charge in [-0.3, -0.25) is 14.4 Å². The maximum absolute atomic E-state index is 13.2. The lowest BCUT2D eigenvalue weighted by molar-refractivity contribution is -0.123. The second kappa shape index (κ2) is 13.8. The van der Waals surface area contributed by atoms with Gasteiger partial charge in [-0.15, -0.1) is 0 Å². The number of H-pyrrole nitrogens is 1. The average molecular weight is 573 g/mol. The highest BCUT2D eigenvalue weighted by Gasteiger charge is 2.22. The predicted octanol–water partition coefficient (Wildman–Crippen LogP) is 3.65. The molecular weight excluding hydrogens is 540 g/mol. The van der Waals surface area contributed by atoms with Crippen LogP contribution in [-0.2, 0) is 20.9 Å². The Morgan fingerprint density at radius 3 is 2.60 bits per heavy atom. The van der Waals surface area contributed by atoms with E-state index >= 15 is 0 Å². The van der Waals surface area contributed by atoms with Crippen LogP contribution in [0.1, 0.15) is 18.7 Å². The maximum Gasteiger partial charge on any atom is 0.407 e. The number of alkyl carbamates (subject to hydrolysis) is 1. The summed E-state index contributed by atoms with van der Waals surface area (Å²) in [7, 11) is 4.44. The molecule has 2 aromatic carbocycles. The first-order valence-corrected chi connectivity index (χ1v) is 13.2. The fraction of sp³-hybridized carbons (Fsp3) is 0.233. The molecule has 2 heterocycles. The number of carbonyl (C=O) groups excluding carboxylic acids is 3. The number of fused-ring (bicyclic) bond motifs is 1. The molecule has 12 heteroatoms. The van der Waals surface area contributed by atoms with E-state index in [2.05, 4.69) is 25.3 Å². The largest absolute Gasteiger partial charge is 0.455 e. The molecule has 0 bridgehead atoms. The van der Waals surface area contributed by atoms with Crippen LogP contribution in [0.5, 0.6) is 11.5 Å². The Kier molecular flexibility index (Phi) is 9.72. The normalized spacial score (nSPS) is 11.7. The predicted molar refractivity (Wildman–Crippen MR) is 157 cm³/mol. The number of allylic oxidation sites excluding steroid dienone is 1. The van der Waals surface area contributed by atoms with Crippen molar-refractivity contribution in [2.75, 3.05) is 26.5 Å². The summed E-state index contributed by atoms with van der Waals surface area (Å²) in [5.74, 6) is 0.955. The van der Waals surface area contributed by atoms with Crippen molar-refractivity contribution in [1.82, 2.24) is 24.8 Å². The number of nitrogens with one attached hydrogen (secondary N) is 3. The highest BCUT2D eigenvalue weighted by atomic mass is 16.5. The summed E-state index contributed by atoms with van der Waals surface area (Å²) in [5.41, 5.74) is 0.933. The van der Waals surface area contributed by atoms with Gasteiger partial charge in [-0.25, -0.2) is 9.78 Å². The lowest BCUT2D eigenvalue weighted by Crippen LogP contribution is -2.44. The number of benzene rings is 2. The average Bonchev–Trinajstić information content (AvgIpc) is 3.40. The van der Waals surface area contributed by atoms with Gasteiger partial charge in [0.2, 0.25) is 11.8 Å². The third-order valence-electron chi connectivity index (χ3n) is 6.21. The third-order valence-corrected chi connectivity index (χ3v) is 6.21. The minimum absolute atomic E-state index is 0.0294. The van der Waals surface area contributed by atoms with E-state index in [9.17, 15) is 19.2 Å². The molecular formula is C30H32N6O6. The lowest BCUT2D eigenvalue weighted by atomic mass is 10.1. The Bertz CT molecular complexity index is 1640. The van der Waals surface area contributed by atoms with E-state index in [1.165, 1.54) is 28.7 Å². The lowest BCUT2D eigenvalue weighted by Gasteiger charge is -2.17. The van der Waals surface area contributed by atoms with Crippen molar-refractivity contribution in [2.24, 2.45) is 0 Å². The Labute approximate surface area is 242 Å². The van der Waals surface area contributed by atoms with Gasteiger partial charge in [-0.1, -0.05) is 30.3 Å². The fourth-order valence-electron chi connectivity index (χ4n) is 4.03. The van der Waals surface area contributed by atoms with Gasteiger partial charge in [0.25, 0.3) is 5.56 Å². The molecule has 3 amide bonds. The van der Waals surface area contributed by atoms with Gasteiger partial charge in [0.15, 0.2) is 5.75 Å². The van der Waals surface area contributed by atoms with Crippen molar-refractivity contribution in [3.8, 4) is 11.5 Å². The van der Waals surface area contributed by atoms with Crippen LogP contribution >= 0.6 is 0 Å². The van der Waals surface area contributed by atoms with Gasteiger partial charge in [-0.05, 0) is 55.3 Å². The van der Waals surface area contributed by atoms with Crippen LogP contribution in [0.15, 0.2) is 83.8 Å². The molecule has 0 spiro atoms. The Morgan fingerprint density at radius 1 is 1.07 bits per heavy atom. The number of methoxy groups -OCH3 is 1. The molecule has 12 nitrogen and oxygen atoms in total. The van der Waals surface area contributed by atoms with Crippen molar-refractivity contribution in [3.05, 3.63) is 95.2 Å². The van der Waals surface area contributed by atoms with Crippen LogP contribution in [0.25, 0.3) is 11.0 Å². The van der Waals surface area contributed by atoms with Crippen LogP contribution in [0.4, 0.5) is 10.5 Å². The van der Waals surface area contributed by atoms with Crippen LogP contribution in [-0.4, -0.2) is 64.6 Å². The molecule has 0 aliphatic heterocycles. The number of nitrogens with zero attached hydrogens (tertiary/aromatic N) is 3.